The van der Waals surface area contributed by atoms with Gasteiger partial charge in [0.1, 0.15) is 6.29 Å². The summed E-state index contributed by atoms with van der Waals surface area (Å²) >= 11 is 0. The molecule has 0 aromatic heterocycles. The fraction of sp³-hybridized carbons (Fsp3) is 0.160. The van der Waals surface area contributed by atoms with Crippen LogP contribution in [-0.4, -0.2) is 23.0 Å². The highest BCUT2D eigenvalue weighted by molar-refractivity contribution is 6.24. The fourth-order valence-electron chi connectivity index (χ4n) is 6.01. The summed E-state index contributed by atoms with van der Waals surface area (Å²) in [7, 11) is 0. The van der Waals surface area contributed by atoms with Crippen LogP contribution in [0.3, 0.4) is 0 Å². The molecule has 1 heterocycles. The van der Waals surface area contributed by atoms with E-state index in [-0.39, 0.29) is 23.2 Å². The predicted octanol–water partition coefficient (Wildman–Crippen LogP) is 3.34. The van der Waals surface area contributed by atoms with E-state index in [1.54, 1.807) is 0 Å². The lowest BCUT2D eigenvalue weighted by Gasteiger charge is -2.51. The second-order valence-corrected chi connectivity index (χ2v) is 8.43. The number of aldehydes is 1. The Kier molecular flexibility index (Phi) is 3.61. The third-order valence-corrected chi connectivity index (χ3v) is 7.19. The Hall–Kier alpha value is -4.13. The Morgan fingerprint density at radius 2 is 1.41 bits per heavy atom. The summed E-state index contributed by atoms with van der Waals surface area (Å²) in [6.07, 6.45) is 0.822. The molecular weight excluding hydrogens is 408 g/mol. The van der Waals surface area contributed by atoms with Gasteiger partial charge in [-0.2, -0.15) is 0 Å². The molecule has 0 unspecified atom stereocenters. The molecule has 7 nitrogen and oxygen atoms in total. The van der Waals surface area contributed by atoms with E-state index in [2.05, 4.69) is 0 Å². The molecule has 1 fully saturated rings. The molecule has 0 spiro atoms. The van der Waals surface area contributed by atoms with Crippen molar-refractivity contribution >= 4 is 29.5 Å². The van der Waals surface area contributed by atoms with Crippen molar-refractivity contribution in [3.63, 3.8) is 0 Å². The highest BCUT2D eigenvalue weighted by atomic mass is 16.6. The van der Waals surface area contributed by atoms with Crippen LogP contribution in [0, 0.1) is 22.0 Å². The van der Waals surface area contributed by atoms with Gasteiger partial charge in [0.05, 0.1) is 27.9 Å². The number of nitrogens with zero attached hydrogens (tertiary/aromatic N) is 2. The predicted molar refractivity (Wildman–Crippen MR) is 114 cm³/mol. The van der Waals surface area contributed by atoms with Gasteiger partial charge < -0.3 is 4.79 Å². The van der Waals surface area contributed by atoms with E-state index >= 15 is 0 Å². The van der Waals surface area contributed by atoms with Crippen molar-refractivity contribution in [1.29, 1.82) is 0 Å². The molecule has 4 aliphatic rings. The van der Waals surface area contributed by atoms with E-state index < -0.39 is 28.1 Å². The zero-order valence-corrected chi connectivity index (χ0v) is 16.7. The number of hydrogen-bond donors (Lipinski definition) is 0. The number of benzene rings is 3. The molecule has 3 aliphatic carbocycles. The fourth-order valence-corrected chi connectivity index (χ4v) is 6.01. The lowest BCUT2D eigenvalue weighted by molar-refractivity contribution is -0.384. The minimum absolute atomic E-state index is 0.130. The summed E-state index contributed by atoms with van der Waals surface area (Å²) in [5.41, 5.74) is 2.22. The maximum atomic E-state index is 13.8. The van der Waals surface area contributed by atoms with Gasteiger partial charge in [-0.15, -0.1) is 0 Å². The monoisotopic (exact) mass is 424 g/mol. The molecule has 3 aromatic carbocycles. The quantitative estimate of drug-likeness (QED) is 0.278. The molecule has 32 heavy (non-hydrogen) atoms. The Morgan fingerprint density at radius 1 is 0.844 bits per heavy atom. The van der Waals surface area contributed by atoms with Crippen molar-refractivity contribution in [1.82, 2.24) is 0 Å². The second kappa shape index (κ2) is 6.20. The molecule has 7 heteroatoms. The Labute approximate surface area is 182 Å². The first-order chi connectivity index (χ1) is 15.5. The second-order valence-electron chi connectivity index (χ2n) is 8.43. The summed E-state index contributed by atoms with van der Waals surface area (Å²) in [5.74, 6) is -2.75. The minimum atomic E-state index is -1.26. The van der Waals surface area contributed by atoms with Gasteiger partial charge in [0, 0.05) is 18.1 Å². The minimum Gasteiger partial charge on any atom is -0.302 e. The Balaban J connectivity index is 1.58. The number of hydrogen-bond acceptors (Lipinski definition) is 5. The summed E-state index contributed by atoms with van der Waals surface area (Å²) in [4.78, 5) is 51.9. The lowest BCUT2D eigenvalue weighted by Crippen LogP contribution is -2.54. The summed E-state index contributed by atoms with van der Waals surface area (Å²) < 4.78 is 0. The van der Waals surface area contributed by atoms with Gasteiger partial charge in [-0.1, -0.05) is 48.5 Å². The van der Waals surface area contributed by atoms with Crippen LogP contribution in [0.5, 0.6) is 0 Å². The number of imide groups is 1. The van der Waals surface area contributed by atoms with Crippen molar-refractivity contribution in [3.8, 4) is 0 Å². The first-order valence-corrected chi connectivity index (χ1v) is 10.3. The molecule has 3 aromatic rings. The summed E-state index contributed by atoms with van der Waals surface area (Å²) in [6, 6.07) is 20.4. The zero-order valence-electron chi connectivity index (χ0n) is 16.7. The van der Waals surface area contributed by atoms with Crippen molar-refractivity contribution in [2.45, 2.75) is 11.3 Å². The van der Waals surface area contributed by atoms with E-state index in [4.69, 9.17) is 0 Å². The number of carbonyl (C=O) groups is 3. The number of anilines is 1. The highest BCUT2D eigenvalue weighted by Gasteiger charge is 2.68. The van der Waals surface area contributed by atoms with Gasteiger partial charge in [-0.05, 0) is 34.4 Å². The van der Waals surface area contributed by atoms with E-state index in [1.165, 1.54) is 24.3 Å². The van der Waals surface area contributed by atoms with Crippen LogP contribution in [0.25, 0.3) is 0 Å². The van der Waals surface area contributed by atoms with Gasteiger partial charge >= 0.3 is 0 Å². The largest absolute Gasteiger partial charge is 0.302 e. The van der Waals surface area contributed by atoms with E-state index in [0.717, 1.165) is 33.4 Å². The van der Waals surface area contributed by atoms with Crippen LogP contribution in [0.1, 0.15) is 28.2 Å². The number of amides is 2. The molecule has 156 valence electrons. The maximum absolute atomic E-state index is 13.8. The molecule has 1 aliphatic heterocycles. The smallest absolute Gasteiger partial charge is 0.269 e. The number of carbonyl (C=O) groups excluding carboxylic acids is 3. The SMILES string of the molecule is O=CC12c3ccccc3C(c3ccccc31)[C@H]1C(=O)N(c3ccc([N+](=O)[O-])cc3)C(=O)[C@H]12. The van der Waals surface area contributed by atoms with Crippen LogP contribution < -0.4 is 4.90 Å². The Morgan fingerprint density at radius 3 is 1.94 bits per heavy atom. The number of rotatable bonds is 3. The first kappa shape index (κ1) is 18.6. The van der Waals surface area contributed by atoms with Crippen LogP contribution in [0.4, 0.5) is 11.4 Å². The van der Waals surface area contributed by atoms with Crippen molar-refractivity contribution in [3.05, 3.63) is 105 Å². The topological polar surface area (TPSA) is 97.6 Å². The van der Waals surface area contributed by atoms with Crippen molar-refractivity contribution < 1.29 is 19.3 Å². The average Bonchev–Trinajstić information content (AvgIpc) is 3.10. The van der Waals surface area contributed by atoms with Crippen molar-refractivity contribution in [2.75, 3.05) is 4.90 Å². The van der Waals surface area contributed by atoms with Gasteiger partial charge in [0.25, 0.3) is 5.69 Å². The third-order valence-electron chi connectivity index (χ3n) is 7.19. The third kappa shape index (κ3) is 2.03. The van der Waals surface area contributed by atoms with Crippen molar-refractivity contribution in [2.24, 2.45) is 11.8 Å². The Bertz CT molecular complexity index is 1300. The van der Waals surface area contributed by atoms with Gasteiger partial charge in [-0.3, -0.25) is 19.7 Å². The highest BCUT2D eigenvalue weighted by Crippen LogP contribution is 2.63. The molecule has 0 saturated carbocycles. The van der Waals surface area contributed by atoms with Gasteiger partial charge in [0.2, 0.25) is 11.8 Å². The summed E-state index contributed by atoms with van der Waals surface area (Å²) in [5, 5.41) is 11.0. The molecule has 2 amide bonds. The molecule has 0 radical (unpaired) electrons. The van der Waals surface area contributed by atoms with Crippen LogP contribution >= 0.6 is 0 Å². The number of nitro benzene ring substituents is 1. The number of nitro groups is 1. The first-order valence-electron chi connectivity index (χ1n) is 10.3. The molecule has 2 atom stereocenters. The van der Waals surface area contributed by atoms with Crippen LogP contribution in [0.2, 0.25) is 0 Å². The molecule has 2 bridgehead atoms. The molecule has 0 N–H and O–H groups in total. The normalized spacial score (nSPS) is 27.0. The standard InChI is InChI=1S/C25H16N2O5/c28-13-25-18-7-3-1-5-16(18)20(17-6-2-4-8-19(17)25)21-22(25)24(30)26(23(21)29)14-9-11-15(12-10-14)27(31)32/h1-13,20-22H/t20?,21-,22+,25?/m1/s1. The summed E-state index contributed by atoms with van der Waals surface area (Å²) in [6.45, 7) is 0. The van der Waals surface area contributed by atoms with Crippen LogP contribution in [-0.2, 0) is 19.8 Å². The molecule has 1 saturated heterocycles. The molecular formula is C25H16N2O5. The number of non-ortho nitro benzene ring substituents is 1. The van der Waals surface area contributed by atoms with E-state index in [0.29, 0.717) is 0 Å². The van der Waals surface area contributed by atoms with E-state index in [9.17, 15) is 24.5 Å². The lowest BCUT2D eigenvalue weighted by atomic mass is 9.48. The van der Waals surface area contributed by atoms with Gasteiger partial charge in [0.15, 0.2) is 0 Å². The van der Waals surface area contributed by atoms with Gasteiger partial charge in [-0.25, -0.2) is 4.90 Å². The molecule has 7 rings (SSSR count). The van der Waals surface area contributed by atoms with E-state index in [1.807, 2.05) is 48.5 Å². The average molecular weight is 424 g/mol. The zero-order chi connectivity index (χ0) is 22.2. The van der Waals surface area contributed by atoms with Crippen LogP contribution in [0.15, 0.2) is 72.8 Å². The maximum Gasteiger partial charge on any atom is 0.269 e.